The Hall–Kier alpha value is -2.42. The molecule has 0 saturated heterocycles. The van der Waals surface area contributed by atoms with Crippen LogP contribution in [0, 0.1) is 0 Å². The number of nitrogens with one attached hydrogen (secondary N) is 2. The van der Waals surface area contributed by atoms with Crippen LogP contribution in [-0.4, -0.2) is 53.1 Å². The average molecular weight is 417 g/mol. The molecule has 0 aromatic heterocycles. The molecule has 3 rings (SSSR count). The normalized spacial score (nSPS) is 14.6. The van der Waals surface area contributed by atoms with E-state index in [0.717, 1.165) is 31.0 Å². The molecule has 7 nitrogen and oxygen atoms in total. The highest BCUT2D eigenvalue weighted by molar-refractivity contribution is 7.89. The molecule has 0 saturated carbocycles. The van der Waals surface area contributed by atoms with Crippen LogP contribution in [0.15, 0.2) is 58.4 Å². The van der Waals surface area contributed by atoms with Crippen LogP contribution in [0.5, 0.6) is 0 Å². The summed E-state index contributed by atoms with van der Waals surface area (Å²) < 4.78 is 32.2. The van der Waals surface area contributed by atoms with E-state index in [1.165, 1.54) is 18.2 Å². The Labute approximate surface area is 172 Å². The van der Waals surface area contributed by atoms with Crippen LogP contribution in [-0.2, 0) is 34.3 Å². The van der Waals surface area contributed by atoms with Crippen molar-refractivity contribution in [3.8, 4) is 0 Å². The lowest BCUT2D eigenvalue weighted by Crippen LogP contribution is -2.43. The van der Waals surface area contributed by atoms with Crippen molar-refractivity contribution in [1.29, 1.82) is 0 Å². The Morgan fingerprint density at radius 3 is 2.72 bits per heavy atom. The molecule has 1 aliphatic rings. The van der Waals surface area contributed by atoms with Crippen LogP contribution >= 0.6 is 0 Å². The third-order valence-corrected chi connectivity index (χ3v) is 6.36. The number of benzene rings is 2. The van der Waals surface area contributed by atoms with Gasteiger partial charge in [0, 0.05) is 40.3 Å². The third kappa shape index (κ3) is 5.56. The van der Waals surface area contributed by atoms with Crippen LogP contribution < -0.4 is 10.0 Å². The molecule has 0 fully saturated rings. The quantitative estimate of drug-likeness (QED) is 0.408. The van der Waals surface area contributed by atoms with Crippen LogP contribution in [0.4, 0.5) is 0 Å². The van der Waals surface area contributed by atoms with Gasteiger partial charge in [-0.15, -0.1) is 0 Å². The summed E-state index contributed by atoms with van der Waals surface area (Å²) in [5.74, 6) is 0.811. The summed E-state index contributed by atoms with van der Waals surface area (Å²) in [6.45, 7) is 2.77. The van der Waals surface area contributed by atoms with Gasteiger partial charge in [-0.2, -0.15) is 0 Å². The second kappa shape index (κ2) is 9.87. The first kappa shape index (κ1) is 21.3. The lowest BCUT2D eigenvalue weighted by molar-refractivity contribution is 0.204. The Morgan fingerprint density at radius 1 is 1.17 bits per heavy atom. The molecular weight excluding hydrogens is 388 g/mol. The molecule has 8 heteroatoms. The Morgan fingerprint density at radius 2 is 1.97 bits per heavy atom. The van der Waals surface area contributed by atoms with E-state index in [4.69, 9.17) is 4.74 Å². The van der Waals surface area contributed by atoms with Gasteiger partial charge in [0.05, 0.1) is 11.5 Å². The summed E-state index contributed by atoms with van der Waals surface area (Å²) in [7, 11) is -0.248. The van der Waals surface area contributed by atoms with Crippen LogP contribution in [0.25, 0.3) is 0 Å². The molecule has 2 N–H and O–H groups in total. The van der Waals surface area contributed by atoms with Gasteiger partial charge in [-0.1, -0.05) is 36.4 Å². The molecule has 0 aliphatic carbocycles. The lowest BCUT2D eigenvalue weighted by Gasteiger charge is -2.31. The van der Waals surface area contributed by atoms with Crippen molar-refractivity contribution in [2.75, 3.05) is 33.9 Å². The van der Waals surface area contributed by atoms with Gasteiger partial charge < -0.3 is 15.0 Å². The molecule has 2 aromatic carbocycles. The topological polar surface area (TPSA) is 83.0 Å². The summed E-state index contributed by atoms with van der Waals surface area (Å²) in [4.78, 5) is 6.87. The number of fused-ring (bicyclic) bond motifs is 1. The number of hydrogen-bond donors (Lipinski definition) is 2. The average Bonchev–Trinajstić information content (AvgIpc) is 2.74. The molecule has 0 atom stereocenters. The van der Waals surface area contributed by atoms with Crippen LogP contribution in [0.1, 0.15) is 16.7 Å². The molecule has 0 radical (unpaired) electrons. The van der Waals surface area contributed by atoms with Gasteiger partial charge in [-0.25, -0.2) is 13.1 Å². The van der Waals surface area contributed by atoms with Crippen molar-refractivity contribution in [3.63, 3.8) is 0 Å². The fourth-order valence-electron chi connectivity index (χ4n) is 3.37. The van der Waals surface area contributed by atoms with E-state index in [1.807, 2.05) is 6.07 Å². The summed E-state index contributed by atoms with van der Waals surface area (Å²) in [5, 5.41) is 3.36. The fraction of sp³-hybridized carbons (Fsp3) is 0.381. The summed E-state index contributed by atoms with van der Waals surface area (Å²) >= 11 is 0. The van der Waals surface area contributed by atoms with E-state index >= 15 is 0 Å². The number of hydrogen-bond acceptors (Lipinski definition) is 4. The molecule has 29 heavy (non-hydrogen) atoms. The van der Waals surface area contributed by atoms with Crippen molar-refractivity contribution in [3.05, 3.63) is 65.2 Å². The number of aliphatic imine (C=N–C) groups is 1. The second-order valence-corrected chi connectivity index (χ2v) is 8.65. The minimum Gasteiger partial charge on any atom is -0.383 e. The minimum absolute atomic E-state index is 0.240. The number of methoxy groups -OCH3 is 1. The maximum Gasteiger partial charge on any atom is 0.240 e. The number of nitrogens with zero attached hydrogens (tertiary/aromatic N) is 2. The monoisotopic (exact) mass is 416 g/mol. The lowest BCUT2D eigenvalue weighted by atomic mass is 10.0. The summed E-state index contributed by atoms with van der Waals surface area (Å²) in [6.07, 6.45) is 0.984. The largest absolute Gasteiger partial charge is 0.383 e. The van der Waals surface area contributed by atoms with E-state index < -0.39 is 10.0 Å². The van der Waals surface area contributed by atoms with Crippen LogP contribution in [0.2, 0.25) is 0 Å². The first-order valence-corrected chi connectivity index (χ1v) is 11.1. The Balaban J connectivity index is 1.63. The Kier molecular flexibility index (Phi) is 7.24. The number of guanidine groups is 1. The van der Waals surface area contributed by atoms with Gasteiger partial charge in [0.1, 0.15) is 0 Å². The van der Waals surface area contributed by atoms with Crippen molar-refractivity contribution >= 4 is 16.0 Å². The maximum absolute atomic E-state index is 12.4. The molecule has 0 spiro atoms. The van der Waals surface area contributed by atoms with Gasteiger partial charge in [-0.3, -0.25) is 4.99 Å². The van der Waals surface area contributed by atoms with E-state index in [2.05, 4.69) is 44.2 Å². The second-order valence-electron chi connectivity index (χ2n) is 6.88. The van der Waals surface area contributed by atoms with Crippen molar-refractivity contribution in [2.24, 2.45) is 4.99 Å². The van der Waals surface area contributed by atoms with Crippen molar-refractivity contribution < 1.29 is 13.2 Å². The third-order valence-electron chi connectivity index (χ3n) is 4.90. The smallest absolute Gasteiger partial charge is 0.240 e. The molecule has 0 bridgehead atoms. The van der Waals surface area contributed by atoms with Gasteiger partial charge >= 0.3 is 0 Å². The number of ether oxygens (including phenoxy) is 1. The van der Waals surface area contributed by atoms with Gasteiger partial charge in [0.15, 0.2) is 5.96 Å². The van der Waals surface area contributed by atoms with E-state index in [9.17, 15) is 8.42 Å². The molecule has 156 valence electrons. The van der Waals surface area contributed by atoms with E-state index in [1.54, 1.807) is 25.2 Å². The molecule has 2 aromatic rings. The highest BCUT2D eigenvalue weighted by atomic mass is 32.2. The minimum atomic E-state index is -3.55. The highest BCUT2D eigenvalue weighted by Crippen LogP contribution is 2.18. The summed E-state index contributed by atoms with van der Waals surface area (Å²) in [6, 6.07) is 15.4. The highest BCUT2D eigenvalue weighted by Gasteiger charge is 2.19. The summed E-state index contributed by atoms with van der Waals surface area (Å²) in [5.41, 5.74) is 3.58. The first-order valence-electron chi connectivity index (χ1n) is 9.63. The zero-order chi connectivity index (χ0) is 20.7. The molecule has 1 heterocycles. The SMILES string of the molecule is CN=C(NCc1cccc(S(=O)(=O)NCCOC)c1)N1CCc2ccccc2C1. The fourth-order valence-corrected chi connectivity index (χ4v) is 4.46. The Bertz CT molecular complexity index is 960. The standard InChI is InChI=1S/C21H28N4O3S/c1-22-21(25-12-10-18-7-3-4-8-19(18)16-25)23-15-17-6-5-9-20(14-17)29(26,27)24-11-13-28-2/h3-9,14,24H,10-13,15-16H2,1-2H3,(H,22,23). The van der Waals surface area contributed by atoms with Gasteiger partial charge in [-0.05, 0) is 35.2 Å². The van der Waals surface area contributed by atoms with Crippen molar-refractivity contribution in [2.45, 2.75) is 24.4 Å². The molecule has 0 amide bonds. The zero-order valence-corrected chi connectivity index (χ0v) is 17.7. The predicted molar refractivity (Wildman–Crippen MR) is 114 cm³/mol. The van der Waals surface area contributed by atoms with Gasteiger partial charge in [0.2, 0.25) is 10.0 Å². The van der Waals surface area contributed by atoms with E-state index in [0.29, 0.717) is 13.2 Å². The van der Waals surface area contributed by atoms with Crippen LogP contribution in [0.3, 0.4) is 0 Å². The first-order chi connectivity index (χ1) is 14.0. The van der Waals surface area contributed by atoms with E-state index in [-0.39, 0.29) is 11.4 Å². The maximum atomic E-state index is 12.4. The van der Waals surface area contributed by atoms with Crippen molar-refractivity contribution in [1.82, 2.24) is 14.9 Å². The molecular formula is C21H28N4O3S. The number of rotatable bonds is 7. The zero-order valence-electron chi connectivity index (χ0n) is 16.9. The molecule has 0 unspecified atom stereocenters. The number of sulfonamides is 1. The van der Waals surface area contributed by atoms with Gasteiger partial charge in [0.25, 0.3) is 0 Å². The predicted octanol–water partition coefficient (Wildman–Crippen LogP) is 1.75. The molecule has 1 aliphatic heterocycles.